The number of aromatic nitrogens is 3. The molecule has 40 heavy (non-hydrogen) atoms. The Kier molecular flexibility index (Phi) is 8.28. The zero-order valence-corrected chi connectivity index (χ0v) is 22.8. The van der Waals surface area contributed by atoms with E-state index in [1.807, 2.05) is 30.3 Å². The van der Waals surface area contributed by atoms with E-state index in [2.05, 4.69) is 15.4 Å². The highest BCUT2D eigenvalue weighted by atomic mass is 35.5. The minimum absolute atomic E-state index is 0.170. The van der Waals surface area contributed by atoms with Gasteiger partial charge in [0.25, 0.3) is 5.91 Å². The molecule has 0 unspecified atom stereocenters. The molecule has 0 saturated carbocycles. The van der Waals surface area contributed by atoms with Crippen LogP contribution in [-0.4, -0.2) is 34.4 Å². The topological polar surface area (TPSA) is 78.3 Å². The molecule has 202 valence electrons. The molecule has 0 radical (unpaired) electrons. The van der Waals surface area contributed by atoms with Gasteiger partial charge in [-0.1, -0.05) is 47.5 Å². The molecule has 1 N–H and O–H groups in total. The number of methoxy groups -OCH3 is 1. The fraction of sp³-hybridized carbons (Fsp3) is 0.100. The van der Waals surface area contributed by atoms with E-state index in [1.165, 1.54) is 24.3 Å². The molecule has 0 aliphatic heterocycles. The van der Waals surface area contributed by atoms with E-state index in [4.69, 9.17) is 32.7 Å². The number of rotatable bonds is 9. The molecule has 0 aliphatic carbocycles. The number of carbonyl (C=O) groups is 1. The van der Waals surface area contributed by atoms with Gasteiger partial charge in [-0.05, 0) is 72.3 Å². The van der Waals surface area contributed by atoms with E-state index < -0.39 is 11.7 Å². The second-order valence-corrected chi connectivity index (χ2v) is 9.53. The van der Waals surface area contributed by atoms with Gasteiger partial charge in [0.05, 0.1) is 29.4 Å². The zero-order chi connectivity index (χ0) is 28.1. The molecule has 1 heterocycles. The van der Waals surface area contributed by atoms with Crippen molar-refractivity contribution in [3.63, 3.8) is 0 Å². The summed E-state index contributed by atoms with van der Waals surface area (Å²) in [5.41, 5.74) is 3.04. The van der Waals surface area contributed by atoms with Gasteiger partial charge in [-0.25, -0.2) is 9.07 Å². The largest absolute Gasteiger partial charge is 0.497 e. The number of hydrogen-bond donors (Lipinski definition) is 1. The van der Waals surface area contributed by atoms with Crippen molar-refractivity contribution in [2.75, 3.05) is 19.0 Å². The van der Waals surface area contributed by atoms with Crippen LogP contribution in [0.25, 0.3) is 17.1 Å². The van der Waals surface area contributed by atoms with Gasteiger partial charge in [0.1, 0.15) is 11.6 Å². The maximum atomic E-state index is 13.6. The van der Waals surface area contributed by atoms with Crippen molar-refractivity contribution in [2.24, 2.45) is 0 Å². The first-order chi connectivity index (χ1) is 19.4. The summed E-state index contributed by atoms with van der Waals surface area (Å²) in [7, 11) is 1.62. The Labute approximate surface area is 240 Å². The lowest BCUT2D eigenvalue weighted by Crippen LogP contribution is -2.12. The third-order valence-electron chi connectivity index (χ3n) is 5.98. The van der Waals surface area contributed by atoms with Crippen LogP contribution >= 0.6 is 23.2 Å². The van der Waals surface area contributed by atoms with E-state index in [0.717, 1.165) is 11.3 Å². The van der Waals surface area contributed by atoms with Gasteiger partial charge >= 0.3 is 6.01 Å². The fourth-order valence-electron chi connectivity index (χ4n) is 3.96. The molecule has 5 aromatic rings. The molecule has 0 spiro atoms. The highest BCUT2D eigenvalue weighted by molar-refractivity contribution is 6.42. The Balaban J connectivity index is 1.41. The summed E-state index contributed by atoms with van der Waals surface area (Å²) in [6.07, 6.45) is 0.641. The minimum atomic E-state index is -0.491. The lowest BCUT2D eigenvalue weighted by Gasteiger charge is -2.10. The molecule has 0 bridgehead atoms. The van der Waals surface area contributed by atoms with Crippen LogP contribution in [0.2, 0.25) is 10.0 Å². The summed E-state index contributed by atoms with van der Waals surface area (Å²) in [6.45, 7) is 0.348. The lowest BCUT2D eigenvalue weighted by atomic mass is 10.1. The van der Waals surface area contributed by atoms with Crippen molar-refractivity contribution in [3.8, 4) is 28.8 Å². The van der Waals surface area contributed by atoms with Crippen LogP contribution in [0, 0.1) is 5.82 Å². The van der Waals surface area contributed by atoms with E-state index in [9.17, 15) is 9.18 Å². The molecule has 0 fully saturated rings. The molecule has 1 amide bonds. The summed E-state index contributed by atoms with van der Waals surface area (Å²) < 4.78 is 26.3. The average Bonchev–Trinajstić information content (AvgIpc) is 3.39. The summed E-state index contributed by atoms with van der Waals surface area (Å²) in [4.78, 5) is 17.3. The fourth-order valence-corrected chi connectivity index (χ4v) is 4.26. The van der Waals surface area contributed by atoms with Gasteiger partial charge in [-0.15, -0.1) is 5.10 Å². The van der Waals surface area contributed by atoms with E-state index in [-0.39, 0.29) is 11.6 Å². The molecule has 0 saturated heterocycles. The molecule has 0 aliphatic rings. The van der Waals surface area contributed by atoms with Crippen molar-refractivity contribution in [1.82, 2.24) is 14.8 Å². The SMILES string of the molecule is COc1ccc(CCOc2nc(-c3ccc(Cl)c(Cl)c3)n(-c3cccc(NC(=O)c4cccc(F)c4)c3)n2)cc1. The van der Waals surface area contributed by atoms with Crippen molar-refractivity contribution >= 4 is 34.8 Å². The van der Waals surface area contributed by atoms with Gasteiger partial charge in [-0.2, -0.15) is 4.98 Å². The van der Waals surface area contributed by atoms with Crippen molar-refractivity contribution in [2.45, 2.75) is 6.42 Å². The van der Waals surface area contributed by atoms with Crippen molar-refractivity contribution in [1.29, 1.82) is 0 Å². The number of nitrogens with one attached hydrogen (secondary N) is 1. The van der Waals surface area contributed by atoms with Crippen LogP contribution < -0.4 is 14.8 Å². The molecule has 1 aromatic heterocycles. The average molecular weight is 577 g/mol. The van der Waals surface area contributed by atoms with Crippen molar-refractivity contribution in [3.05, 3.63) is 118 Å². The normalized spacial score (nSPS) is 10.8. The van der Waals surface area contributed by atoms with E-state index in [1.54, 1.807) is 48.2 Å². The number of carbonyl (C=O) groups excluding carboxylic acids is 1. The molecule has 7 nitrogen and oxygen atoms in total. The lowest BCUT2D eigenvalue weighted by molar-refractivity contribution is 0.102. The van der Waals surface area contributed by atoms with Gasteiger partial charge in [0.2, 0.25) is 0 Å². The molecular formula is C30H23Cl2FN4O3. The first-order valence-corrected chi connectivity index (χ1v) is 13.0. The maximum Gasteiger partial charge on any atom is 0.336 e. The Morgan fingerprint density at radius 2 is 1.75 bits per heavy atom. The summed E-state index contributed by atoms with van der Waals surface area (Å²) in [5, 5.41) is 8.15. The predicted molar refractivity (Wildman–Crippen MR) is 153 cm³/mol. The highest BCUT2D eigenvalue weighted by Gasteiger charge is 2.17. The molecule has 10 heteroatoms. The maximum absolute atomic E-state index is 13.6. The Morgan fingerprint density at radius 3 is 2.50 bits per heavy atom. The predicted octanol–water partition coefficient (Wildman–Crippen LogP) is 7.26. The molecule has 5 rings (SSSR count). The third kappa shape index (κ3) is 6.42. The minimum Gasteiger partial charge on any atom is -0.497 e. The van der Waals surface area contributed by atoms with E-state index >= 15 is 0 Å². The van der Waals surface area contributed by atoms with Crippen LogP contribution in [0.4, 0.5) is 10.1 Å². The highest BCUT2D eigenvalue weighted by Crippen LogP contribution is 2.30. The molecule has 0 atom stereocenters. The number of benzene rings is 4. The quantitative estimate of drug-likeness (QED) is 0.200. The number of nitrogens with zero attached hydrogens (tertiary/aromatic N) is 3. The van der Waals surface area contributed by atoms with Crippen LogP contribution in [0.15, 0.2) is 91.0 Å². The van der Waals surface area contributed by atoms with Crippen molar-refractivity contribution < 1.29 is 18.7 Å². The number of ether oxygens (including phenoxy) is 2. The third-order valence-corrected chi connectivity index (χ3v) is 6.72. The number of amides is 1. The second kappa shape index (κ2) is 12.2. The monoisotopic (exact) mass is 576 g/mol. The van der Waals surface area contributed by atoms with Crippen LogP contribution in [0.3, 0.4) is 0 Å². The number of anilines is 1. The number of halogens is 3. The Bertz CT molecular complexity index is 1660. The molecule has 4 aromatic carbocycles. The van der Waals surface area contributed by atoms with Gasteiger partial charge < -0.3 is 14.8 Å². The smallest absolute Gasteiger partial charge is 0.336 e. The van der Waals surface area contributed by atoms with Gasteiger partial charge in [-0.3, -0.25) is 4.79 Å². The number of hydrogen-bond acceptors (Lipinski definition) is 5. The summed E-state index contributed by atoms with van der Waals surface area (Å²) >= 11 is 12.4. The van der Waals surface area contributed by atoms with E-state index in [0.29, 0.717) is 45.8 Å². The molecular weight excluding hydrogens is 554 g/mol. The Hall–Kier alpha value is -4.40. The summed E-state index contributed by atoms with van der Waals surface area (Å²) in [5.74, 6) is 0.314. The second-order valence-electron chi connectivity index (χ2n) is 8.72. The first kappa shape index (κ1) is 27.2. The van der Waals surface area contributed by atoms with Crippen LogP contribution in [0.5, 0.6) is 11.8 Å². The van der Waals surface area contributed by atoms with Gasteiger partial charge in [0, 0.05) is 23.2 Å². The standard InChI is InChI=1S/C30H23Cl2FN4O3/c1-39-25-11-8-19(9-12-25)14-15-40-30-35-28(20-10-13-26(31)27(32)17-20)37(36-30)24-7-3-6-23(18-24)34-29(38)21-4-2-5-22(33)16-21/h2-13,16-18H,14-15H2,1H3,(H,34,38). The van der Waals surface area contributed by atoms with Gasteiger partial charge in [0.15, 0.2) is 5.82 Å². The van der Waals surface area contributed by atoms with Crippen LogP contribution in [-0.2, 0) is 6.42 Å². The first-order valence-electron chi connectivity index (χ1n) is 12.2. The zero-order valence-electron chi connectivity index (χ0n) is 21.3. The Morgan fingerprint density at radius 1 is 0.950 bits per heavy atom. The summed E-state index contributed by atoms with van der Waals surface area (Å²) in [6, 6.07) is 25.6. The van der Waals surface area contributed by atoms with Crippen LogP contribution in [0.1, 0.15) is 15.9 Å².